The number of nitriles is 1. The monoisotopic (exact) mass is 271 g/mol. The highest BCUT2D eigenvalue weighted by atomic mass is 16.5. The lowest BCUT2D eigenvalue weighted by atomic mass is 10.0. The molecule has 0 amide bonds. The zero-order valence-electron chi connectivity index (χ0n) is 11.8. The summed E-state index contributed by atoms with van der Waals surface area (Å²) in [6, 6.07) is 10.9. The van der Waals surface area contributed by atoms with Crippen molar-refractivity contribution in [2.45, 2.75) is 19.3 Å². The first-order valence-electron chi connectivity index (χ1n) is 7.35. The van der Waals surface area contributed by atoms with Crippen molar-refractivity contribution in [1.82, 2.24) is 0 Å². The molecule has 1 saturated carbocycles. The van der Waals surface area contributed by atoms with Gasteiger partial charge in [-0.2, -0.15) is 5.26 Å². The largest absolute Gasteiger partial charge is 0.384 e. The van der Waals surface area contributed by atoms with Gasteiger partial charge in [0.25, 0.3) is 0 Å². The summed E-state index contributed by atoms with van der Waals surface area (Å²) in [5.74, 6) is 0. The summed E-state index contributed by atoms with van der Waals surface area (Å²) in [4.78, 5) is 2.35. The first-order chi connectivity index (χ1) is 9.81. The van der Waals surface area contributed by atoms with Crippen molar-refractivity contribution in [3.63, 3.8) is 0 Å². The third-order valence-corrected chi connectivity index (χ3v) is 4.32. The molecule has 2 fully saturated rings. The number of rotatable bonds is 5. The summed E-state index contributed by atoms with van der Waals surface area (Å²) in [5, 5.41) is 12.3. The molecule has 3 rings (SSSR count). The number of nitrogens with zero attached hydrogens (tertiary/aromatic N) is 2. The Kier molecular flexibility index (Phi) is 3.79. The van der Waals surface area contributed by atoms with E-state index in [-0.39, 0.29) is 5.41 Å². The average molecular weight is 271 g/mol. The topological polar surface area (TPSA) is 48.3 Å². The average Bonchev–Trinajstić information content (AvgIpc) is 3.27. The first kappa shape index (κ1) is 13.3. The Labute approximate surface area is 120 Å². The van der Waals surface area contributed by atoms with Gasteiger partial charge in [0.05, 0.1) is 19.3 Å². The maximum absolute atomic E-state index is 8.83. The molecule has 1 aromatic rings. The van der Waals surface area contributed by atoms with Crippen LogP contribution >= 0.6 is 0 Å². The van der Waals surface area contributed by atoms with Crippen LogP contribution in [0.4, 0.5) is 11.4 Å². The Morgan fingerprint density at radius 3 is 2.50 bits per heavy atom. The fourth-order valence-corrected chi connectivity index (χ4v) is 2.66. The van der Waals surface area contributed by atoms with Crippen LogP contribution in [0.1, 0.15) is 19.3 Å². The van der Waals surface area contributed by atoms with Gasteiger partial charge in [0.15, 0.2) is 0 Å². The summed E-state index contributed by atoms with van der Waals surface area (Å²) < 4.78 is 5.37. The molecule has 0 bridgehead atoms. The van der Waals surface area contributed by atoms with Gasteiger partial charge in [-0.3, -0.25) is 0 Å². The smallest absolute Gasteiger partial charge is 0.0642 e. The molecule has 1 saturated heterocycles. The lowest BCUT2D eigenvalue weighted by Gasteiger charge is -2.29. The molecular weight excluding hydrogens is 250 g/mol. The van der Waals surface area contributed by atoms with Gasteiger partial charge >= 0.3 is 0 Å². The van der Waals surface area contributed by atoms with Crippen LogP contribution in [-0.2, 0) is 4.74 Å². The minimum atomic E-state index is 0.248. The molecule has 1 aliphatic heterocycles. The molecule has 0 spiro atoms. The summed E-state index contributed by atoms with van der Waals surface area (Å²) >= 11 is 0. The van der Waals surface area contributed by atoms with Gasteiger partial charge in [-0.05, 0) is 37.1 Å². The second kappa shape index (κ2) is 5.72. The molecule has 1 aliphatic carbocycles. The molecule has 0 atom stereocenters. The second-order valence-corrected chi connectivity index (χ2v) is 5.83. The standard InChI is InChI=1S/C16H21N3O/c17-8-7-16(5-6-16)13-18-14-1-3-15(4-2-14)19-9-11-20-12-10-19/h1-4,18H,5-7,9-13H2. The van der Waals surface area contributed by atoms with Gasteiger partial charge < -0.3 is 15.0 Å². The number of anilines is 2. The van der Waals surface area contributed by atoms with Crippen molar-refractivity contribution in [2.24, 2.45) is 5.41 Å². The molecule has 106 valence electrons. The number of hydrogen-bond acceptors (Lipinski definition) is 4. The van der Waals surface area contributed by atoms with E-state index in [4.69, 9.17) is 10.00 Å². The molecule has 1 N–H and O–H groups in total. The minimum absolute atomic E-state index is 0.248. The van der Waals surface area contributed by atoms with Gasteiger partial charge in [-0.1, -0.05) is 0 Å². The van der Waals surface area contributed by atoms with Gasteiger partial charge in [-0.25, -0.2) is 0 Å². The highest BCUT2D eigenvalue weighted by molar-refractivity contribution is 5.55. The maximum atomic E-state index is 8.83. The molecule has 1 heterocycles. The van der Waals surface area contributed by atoms with Crippen molar-refractivity contribution in [3.8, 4) is 6.07 Å². The van der Waals surface area contributed by atoms with E-state index in [1.165, 1.54) is 18.5 Å². The highest BCUT2D eigenvalue weighted by Gasteiger charge is 2.42. The van der Waals surface area contributed by atoms with E-state index in [0.717, 1.165) is 38.5 Å². The zero-order chi connectivity index (χ0) is 13.8. The highest BCUT2D eigenvalue weighted by Crippen LogP contribution is 2.48. The van der Waals surface area contributed by atoms with E-state index in [1.807, 2.05) is 0 Å². The molecule has 0 aromatic heterocycles. The third kappa shape index (κ3) is 3.05. The minimum Gasteiger partial charge on any atom is -0.384 e. The number of benzene rings is 1. The third-order valence-electron chi connectivity index (χ3n) is 4.32. The van der Waals surface area contributed by atoms with Gasteiger partial charge in [-0.15, -0.1) is 0 Å². The first-order valence-corrected chi connectivity index (χ1v) is 7.35. The van der Waals surface area contributed by atoms with Crippen LogP contribution < -0.4 is 10.2 Å². The van der Waals surface area contributed by atoms with Crippen molar-refractivity contribution in [3.05, 3.63) is 24.3 Å². The molecule has 4 nitrogen and oxygen atoms in total. The van der Waals surface area contributed by atoms with E-state index in [0.29, 0.717) is 6.42 Å². The fourth-order valence-electron chi connectivity index (χ4n) is 2.66. The van der Waals surface area contributed by atoms with Crippen molar-refractivity contribution in [1.29, 1.82) is 5.26 Å². The van der Waals surface area contributed by atoms with E-state index >= 15 is 0 Å². The molecule has 1 aromatic carbocycles. The van der Waals surface area contributed by atoms with Crippen LogP contribution in [0.3, 0.4) is 0 Å². The molecule has 0 radical (unpaired) electrons. The second-order valence-electron chi connectivity index (χ2n) is 5.83. The predicted molar refractivity (Wildman–Crippen MR) is 79.9 cm³/mol. The van der Waals surface area contributed by atoms with Crippen molar-refractivity contribution < 1.29 is 4.74 Å². The van der Waals surface area contributed by atoms with Crippen LogP contribution in [0.25, 0.3) is 0 Å². The van der Waals surface area contributed by atoms with E-state index < -0.39 is 0 Å². The van der Waals surface area contributed by atoms with Crippen LogP contribution in [0.15, 0.2) is 24.3 Å². The number of morpholine rings is 1. The van der Waals surface area contributed by atoms with E-state index in [9.17, 15) is 0 Å². The summed E-state index contributed by atoms with van der Waals surface area (Å²) in [7, 11) is 0. The Morgan fingerprint density at radius 1 is 1.20 bits per heavy atom. The van der Waals surface area contributed by atoms with Crippen LogP contribution in [0, 0.1) is 16.7 Å². The lowest BCUT2D eigenvalue weighted by Crippen LogP contribution is -2.36. The van der Waals surface area contributed by atoms with Crippen LogP contribution in [0.2, 0.25) is 0 Å². The molecule has 20 heavy (non-hydrogen) atoms. The van der Waals surface area contributed by atoms with Crippen LogP contribution in [-0.4, -0.2) is 32.8 Å². The normalized spacial score (nSPS) is 20.2. The van der Waals surface area contributed by atoms with Gasteiger partial charge in [0.1, 0.15) is 0 Å². The number of ether oxygens (including phenoxy) is 1. The van der Waals surface area contributed by atoms with Gasteiger partial charge in [0, 0.05) is 42.8 Å². The predicted octanol–water partition coefficient (Wildman–Crippen LogP) is 2.63. The Bertz CT molecular complexity index is 481. The number of hydrogen-bond donors (Lipinski definition) is 1. The maximum Gasteiger partial charge on any atom is 0.0642 e. The zero-order valence-corrected chi connectivity index (χ0v) is 11.8. The van der Waals surface area contributed by atoms with E-state index in [2.05, 4.69) is 40.6 Å². The summed E-state index contributed by atoms with van der Waals surface area (Å²) in [6.07, 6.45) is 3.03. The molecule has 4 heteroatoms. The Morgan fingerprint density at radius 2 is 1.90 bits per heavy atom. The van der Waals surface area contributed by atoms with Crippen molar-refractivity contribution in [2.75, 3.05) is 43.1 Å². The quantitative estimate of drug-likeness (QED) is 0.894. The molecule has 2 aliphatic rings. The van der Waals surface area contributed by atoms with Crippen LogP contribution in [0.5, 0.6) is 0 Å². The summed E-state index contributed by atoms with van der Waals surface area (Å²) in [6.45, 7) is 4.49. The Balaban J connectivity index is 1.55. The summed E-state index contributed by atoms with van der Waals surface area (Å²) in [5.41, 5.74) is 2.65. The van der Waals surface area contributed by atoms with E-state index in [1.54, 1.807) is 0 Å². The molecule has 0 unspecified atom stereocenters. The molecular formula is C16H21N3O. The van der Waals surface area contributed by atoms with Crippen molar-refractivity contribution >= 4 is 11.4 Å². The van der Waals surface area contributed by atoms with Gasteiger partial charge in [0.2, 0.25) is 0 Å². The fraction of sp³-hybridized carbons (Fsp3) is 0.562. The lowest BCUT2D eigenvalue weighted by molar-refractivity contribution is 0.122. The number of nitrogens with one attached hydrogen (secondary N) is 1. The Hall–Kier alpha value is -1.73. The SMILES string of the molecule is N#CCC1(CNc2ccc(N3CCOCC3)cc2)CC1.